The molecule has 5 heteroatoms. The number of carbonyl (C=O) groups is 1. The molecule has 0 saturated heterocycles. The van der Waals surface area contributed by atoms with Crippen molar-refractivity contribution >= 4 is 33.2 Å². The second kappa shape index (κ2) is 5.29. The molecule has 1 aromatic heterocycles. The molecule has 1 unspecified atom stereocenters. The zero-order chi connectivity index (χ0) is 12.3. The molecule has 0 spiro atoms. The van der Waals surface area contributed by atoms with Gasteiger partial charge in [0.15, 0.2) is 0 Å². The topological polar surface area (TPSA) is 49.3 Å². The SMILES string of the molecule is CNC(CC(C)(C)C(=O)O)c1cc(Br)cs1. The molecule has 1 rings (SSSR count). The monoisotopic (exact) mass is 305 g/mol. The van der Waals surface area contributed by atoms with Crippen LogP contribution >= 0.6 is 27.3 Å². The molecule has 0 aliphatic rings. The number of halogens is 1. The minimum atomic E-state index is -0.761. The molecule has 0 amide bonds. The van der Waals surface area contributed by atoms with Gasteiger partial charge >= 0.3 is 5.97 Å². The van der Waals surface area contributed by atoms with Gasteiger partial charge in [-0.1, -0.05) is 0 Å². The Bertz CT molecular complexity index is 376. The maximum absolute atomic E-state index is 11.1. The number of carboxylic acid groups (broad SMARTS) is 1. The molecule has 16 heavy (non-hydrogen) atoms. The highest BCUT2D eigenvalue weighted by Crippen LogP contribution is 2.34. The minimum absolute atomic E-state index is 0.0856. The second-order valence-electron chi connectivity index (χ2n) is 4.40. The van der Waals surface area contributed by atoms with Crippen LogP contribution in [0.4, 0.5) is 0 Å². The van der Waals surface area contributed by atoms with E-state index in [1.165, 1.54) is 0 Å². The van der Waals surface area contributed by atoms with Crippen LogP contribution in [0.1, 0.15) is 31.2 Å². The molecule has 3 nitrogen and oxygen atoms in total. The summed E-state index contributed by atoms with van der Waals surface area (Å²) in [7, 11) is 1.86. The molecule has 0 aliphatic heterocycles. The summed E-state index contributed by atoms with van der Waals surface area (Å²) < 4.78 is 1.04. The number of rotatable bonds is 5. The molecule has 0 aromatic carbocycles. The molecule has 2 N–H and O–H groups in total. The zero-order valence-corrected chi connectivity index (χ0v) is 12.0. The Morgan fingerprint density at radius 1 is 1.69 bits per heavy atom. The first kappa shape index (κ1) is 13.7. The highest BCUT2D eigenvalue weighted by molar-refractivity contribution is 9.10. The van der Waals surface area contributed by atoms with Crippen molar-refractivity contribution in [3.05, 3.63) is 20.8 Å². The molecule has 0 saturated carbocycles. The van der Waals surface area contributed by atoms with Gasteiger partial charge in [0.05, 0.1) is 5.41 Å². The number of hydrogen-bond acceptors (Lipinski definition) is 3. The summed E-state index contributed by atoms with van der Waals surface area (Å²) >= 11 is 5.04. The summed E-state index contributed by atoms with van der Waals surface area (Å²) in [5, 5.41) is 14.3. The van der Waals surface area contributed by atoms with E-state index in [1.54, 1.807) is 25.2 Å². The Balaban J connectivity index is 2.81. The number of aliphatic carboxylic acids is 1. The van der Waals surface area contributed by atoms with Gasteiger partial charge in [0.2, 0.25) is 0 Å². The molecule has 90 valence electrons. The van der Waals surface area contributed by atoms with Crippen LogP contribution in [0.15, 0.2) is 15.9 Å². The summed E-state index contributed by atoms with van der Waals surface area (Å²) in [4.78, 5) is 12.2. The predicted octanol–water partition coefficient (Wildman–Crippen LogP) is 3.27. The van der Waals surface area contributed by atoms with Crippen LogP contribution in [0.25, 0.3) is 0 Å². The molecular formula is C11H16BrNO2S. The lowest BCUT2D eigenvalue weighted by molar-refractivity contribution is -0.147. The van der Waals surface area contributed by atoms with Crippen LogP contribution in [-0.4, -0.2) is 18.1 Å². The summed E-state index contributed by atoms with van der Waals surface area (Å²) in [6.07, 6.45) is 0.575. The number of nitrogens with one attached hydrogen (secondary N) is 1. The summed E-state index contributed by atoms with van der Waals surface area (Å²) in [6.45, 7) is 3.50. The van der Waals surface area contributed by atoms with Gasteiger partial charge in [-0.2, -0.15) is 0 Å². The predicted molar refractivity (Wildman–Crippen MR) is 69.9 cm³/mol. The van der Waals surface area contributed by atoms with E-state index in [9.17, 15) is 4.79 Å². The van der Waals surface area contributed by atoms with Crippen molar-refractivity contribution in [2.75, 3.05) is 7.05 Å². The van der Waals surface area contributed by atoms with Gasteiger partial charge in [0.1, 0.15) is 0 Å². The third-order valence-electron chi connectivity index (χ3n) is 2.57. The van der Waals surface area contributed by atoms with Gasteiger partial charge in [-0.3, -0.25) is 4.79 Å². The lowest BCUT2D eigenvalue weighted by Gasteiger charge is -2.25. The summed E-state index contributed by atoms with van der Waals surface area (Å²) in [5.74, 6) is -0.761. The fourth-order valence-corrected chi connectivity index (χ4v) is 3.01. The average molecular weight is 306 g/mol. The van der Waals surface area contributed by atoms with E-state index >= 15 is 0 Å². The zero-order valence-electron chi connectivity index (χ0n) is 9.58. The van der Waals surface area contributed by atoms with Crippen molar-refractivity contribution < 1.29 is 9.90 Å². The van der Waals surface area contributed by atoms with E-state index in [1.807, 2.05) is 18.5 Å². The quantitative estimate of drug-likeness (QED) is 0.878. The van der Waals surface area contributed by atoms with Crippen molar-refractivity contribution in [2.24, 2.45) is 5.41 Å². The average Bonchev–Trinajstić information content (AvgIpc) is 2.61. The first-order valence-corrected chi connectivity index (χ1v) is 6.68. The van der Waals surface area contributed by atoms with Crippen molar-refractivity contribution in [1.82, 2.24) is 5.32 Å². The fourth-order valence-electron chi connectivity index (χ4n) is 1.45. The molecular weight excluding hydrogens is 290 g/mol. The van der Waals surface area contributed by atoms with Gasteiger partial charge in [0, 0.05) is 20.8 Å². The molecule has 1 atom stereocenters. The van der Waals surface area contributed by atoms with Crippen LogP contribution in [0.2, 0.25) is 0 Å². The van der Waals surface area contributed by atoms with E-state index in [4.69, 9.17) is 5.11 Å². The van der Waals surface area contributed by atoms with Crippen LogP contribution < -0.4 is 5.32 Å². The molecule has 0 bridgehead atoms. The Labute approximate surface area is 108 Å². The maximum Gasteiger partial charge on any atom is 0.309 e. The first-order chi connectivity index (χ1) is 7.36. The standard InChI is InChI=1S/C11H16BrNO2S/c1-11(2,10(14)15)5-8(13-3)9-4-7(12)6-16-9/h4,6,8,13H,5H2,1-3H3,(H,14,15). The number of thiophene rings is 1. The van der Waals surface area contributed by atoms with Crippen molar-refractivity contribution in [1.29, 1.82) is 0 Å². The van der Waals surface area contributed by atoms with E-state index < -0.39 is 11.4 Å². The minimum Gasteiger partial charge on any atom is -0.481 e. The first-order valence-electron chi connectivity index (χ1n) is 5.01. The van der Waals surface area contributed by atoms with E-state index in [0.717, 1.165) is 9.35 Å². The van der Waals surface area contributed by atoms with Crippen molar-refractivity contribution in [3.63, 3.8) is 0 Å². The second-order valence-corrected chi connectivity index (χ2v) is 6.26. The highest BCUT2D eigenvalue weighted by atomic mass is 79.9. The Morgan fingerprint density at radius 2 is 2.31 bits per heavy atom. The van der Waals surface area contributed by atoms with Gasteiger partial charge in [-0.15, -0.1) is 11.3 Å². The van der Waals surface area contributed by atoms with Gasteiger partial charge < -0.3 is 10.4 Å². The van der Waals surface area contributed by atoms with Gasteiger partial charge in [-0.25, -0.2) is 0 Å². The third kappa shape index (κ3) is 3.30. The Morgan fingerprint density at radius 3 is 2.69 bits per heavy atom. The van der Waals surface area contributed by atoms with E-state index in [-0.39, 0.29) is 6.04 Å². The lowest BCUT2D eigenvalue weighted by Crippen LogP contribution is -2.30. The molecule has 0 radical (unpaired) electrons. The smallest absolute Gasteiger partial charge is 0.309 e. The molecule has 1 heterocycles. The fraction of sp³-hybridized carbons (Fsp3) is 0.545. The van der Waals surface area contributed by atoms with Gasteiger partial charge in [0.25, 0.3) is 0 Å². The maximum atomic E-state index is 11.1. The Hall–Kier alpha value is -0.390. The van der Waals surface area contributed by atoms with Crippen LogP contribution in [0.3, 0.4) is 0 Å². The van der Waals surface area contributed by atoms with Crippen LogP contribution in [-0.2, 0) is 4.79 Å². The molecule has 1 aromatic rings. The summed E-state index contributed by atoms with van der Waals surface area (Å²) in [6, 6.07) is 2.12. The van der Waals surface area contributed by atoms with E-state index in [0.29, 0.717) is 6.42 Å². The highest BCUT2D eigenvalue weighted by Gasteiger charge is 2.31. The van der Waals surface area contributed by atoms with Crippen LogP contribution in [0.5, 0.6) is 0 Å². The molecule has 0 aliphatic carbocycles. The summed E-state index contributed by atoms with van der Waals surface area (Å²) in [5.41, 5.74) is -0.718. The van der Waals surface area contributed by atoms with Crippen LogP contribution in [0, 0.1) is 5.41 Å². The number of hydrogen-bond donors (Lipinski definition) is 2. The van der Waals surface area contributed by atoms with Crippen molar-refractivity contribution in [2.45, 2.75) is 26.3 Å². The Kier molecular flexibility index (Phi) is 4.52. The lowest BCUT2D eigenvalue weighted by atomic mass is 9.85. The molecule has 0 fully saturated rings. The normalized spacial score (nSPS) is 13.8. The van der Waals surface area contributed by atoms with Crippen molar-refractivity contribution in [3.8, 4) is 0 Å². The number of carboxylic acids is 1. The largest absolute Gasteiger partial charge is 0.481 e. The third-order valence-corrected chi connectivity index (χ3v) is 4.38. The van der Waals surface area contributed by atoms with E-state index in [2.05, 4.69) is 21.2 Å². The van der Waals surface area contributed by atoms with Gasteiger partial charge in [-0.05, 0) is 49.3 Å².